The van der Waals surface area contributed by atoms with Crippen molar-refractivity contribution in [2.24, 2.45) is 0 Å². The predicted molar refractivity (Wildman–Crippen MR) is 73.3 cm³/mol. The molecule has 3 heteroatoms. The minimum absolute atomic E-state index is 0.693. The third-order valence-corrected chi connectivity index (χ3v) is 4.77. The maximum Gasteiger partial charge on any atom is 0.0412 e. The summed E-state index contributed by atoms with van der Waals surface area (Å²) >= 11 is 9.80. The lowest BCUT2D eigenvalue weighted by molar-refractivity contribution is 1.11. The van der Waals surface area contributed by atoms with Crippen LogP contribution >= 0.6 is 34.7 Å². The van der Waals surface area contributed by atoms with E-state index in [1.165, 1.54) is 15.0 Å². The molecule has 0 aliphatic carbocycles. The quantitative estimate of drug-likeness (QED) is 0.728. The molecule has 80 valence electrons. The summed E-state index contributed by atoms with van der Waals surface area (Å²) in [5.41, 5.74) is 0. The van der Waals surface area contributed by atoms with Crippen LogP contribution in [0.1, 0.15) is 18.7 Å². The van der Waals surface area contributed by atoms with Crippen LogP contribution in [0.4, 0.5) is 0 Å². The highest BCUT2D eigenvalue weighted by atomic mass is 35.5. The zero-order chi connectivity index (χ0) is 10.8. The minimum Gasteiger partial charge on any atom is -0.154 e. The molecule has 0 spiro atoms. The van der Waals surface area contributed by atoms with E-state index in [1.807, 2.05) is 35.2 Å². The van der Waals surface area contributed by atoms with Gasteiger partial charge in [-0.1, -0.05) is 25.4 Å². The van der Waals surface area contributed by atoms with Crippen molar-refractivity contribution >= 4 is 44.8 Å². The Bertz CT molecular complexity index is 460. The summed E-state index contributed by atoms with van der Waals surface area (Å²) < 4.78 is 1.33. The van der Waals surface area contributed by atoms with Crippen LogP contribution in [0.2, 0.25) is 5.02 Å². The zero-order valence-electron chi connectivity index (χ0n) is 8.79. The highest BCUT2D eigenvalue weighted by Crippen LogP contribution is 2.31. The number of hydrogen-bond acceptors (Lipinski definition) is 2. The fourth-order valence-corrected chi connectivity index (χ4v) is 3.43. The van der Waals surface area contributed by atoms with Crippen molar-refractivity contribution < 1.29 is 0 Å². The summed E-state index contributed by atoms with van der Waals surface area (Å²) in [4.78, 5) is 1.44. The molecule has 1 aromatic heterocycles. The highest BCUT2D eigenvalue weighted by Gasteiger charge is 2.03. The molecule has 2 rings (SSSR count). The van der Waals surface area contributed by atoms with Crippen LogP contribution in [0, 0.1) is 0 Å². The van der Waals surface area contributed by atoms with Gasteiger partial charge in [0.2, 0.25) is 0 Å². The lowest BCUT2D eigenvalue weighted by atomic mass is 10.2. The second-order valence-electron chi connectivity index (χ2n) is 3.75. The molecule has 1 aromatic carbocycles. The van der Waals surface area contributed by atoms with E-state index in [0.717, 1.165) is 10.8 Å². The number of rotatable bonds is 3. The van der Waals surface area contributed by atoms with E-state index in [4.69, 9.17) is 11.6 Å². The Morgan fingerprint density at radius 3 is 2.87 bits per heavy atom. The SMILES string of the molecule is CC(C)SCc1cc2cc(Cl)ccc2s1. The van der Waals surface area contributed by atoms with Gasteiger partial charge in [-0.25, -0.2) is 0 Å². The predicted octanol–water partition coefficient (Wildman–Crippen LogP) is 5.20. The fourth-order valence-electron chi connectivity index (χ4n) is 1.39. The molecule has 15 heavy (non-hydrogen) atoms. The minimum atomic E-state index is 0.693. The molecular weight excluding hydrogens is 244 g/mol. The standard InChI is InChI=1S/C12H13ClS2/c1-8(2)14-7-11-6-9-5-10(13)3-4-12(9)15-11/h3-6,8H,7H2,1-2H3. The Labute approximate surface area is 104 Å². The number of halogens is 1. The molecule has 0 saturated heterocycles. The summed E-state index contributed by atoms with van der Waals surface area (Å²) in [6, 6.07) is 8.35. The van der Waals surface area contributed by atoms with Crippen LogP contribution in [0.25, 0.3) is 10.1 Å². The van der Waals surface area contributed by atoms with Crippen molar-refractivity contribution in [1.29, 1.82) is 0 Å². The second-order valence-corrected chi connectivity index (χ2v) is 6.92. The summed E-state index contributed by atoms with van der Waals surface area (Å²) in [5.74, 6) is 1.11. The van der Waals surface area contributed by atoms with Gasteiger partial charge in [0, 0.05) is 20.4 Å². The first-order valence-electron chi connectivity index (χ1n) is 4.95. The summed E-state index contributed by atoms with van der Waals surface area (Å²) in [6.45, 7) is 4.46. The highest BCUT2D eigenvalue weighted by molar-refractivity contribution is 7.99. The van der Waals surface area contributed by atoms with E-state index in [2.05, 4.69) is 26.0 Å². The maximum atomic E-state index is 5.95. The van der Waals surface area contributed by atoms with Gasteiger partial charge >= 0.3 is 0 Å². The largest absolute Gasteiger partial charge is 0.154 e. The molecule has 0 amide bonds. The number of hydrogen-bond donors (Lipinski definition) is 0. The summed E-state index contributed by atoms with van der Waals surface area (Å²) in [6.07, 6.45) is 0. The van der Waals surface area contributed by atoms with Gasteiger partial charge in [0.15, 0.2) is 0 Å². The number of thiophene rings is 1. The van der Waals surface area contributed by atoms with E-state index >= 15 is 0 Å². The Morgan fingerprint density at radius 1 is 1.33 bits per heavy atom. The molecule has 0 aliphatic heterocycles. The van der Waals surface area contributed by atoms with Gasteiger partial charge in [-0.3, -0.25) is 0 Å². The molecule has 0 aliphatic rings. The van der Waals surface area contributed by atoms with E-state index in [0.29, 0.717) is 5.25 Å². The third kappa shape index (κ3) is 2.90. The molecule has 0 bridgehead atoms. The number of benzene rings is 1. The topological polar surface area (TPSA) is 0 Å². The Kier molecular flexibility index (Phi) is 3.60. The van der Waals surface area contributed by atoms with Crippen molar-refractivity contribution in [3.05, 3.63) is 34.2 Å². The first kappa shape index (κ1) is 11.3. The van der Waals surface area contributed by atoms with Gasteiger partial charge < -0.3 is 0 Å². The van der Waals surface area contributed by atoms with E-state index in [1.54, 1.807) is 0 Å². The molecule has 2 aromatic rings. The van der Waals surface area contributed by atoms with Gasteiger partial charge in [0.25, 0.3) is 0 Å². The van der Waals surface area contributed by atoms with E-state index < -0.39 is 0 Å². The Balaban J connectivity index is 2.23. The lowest BCUT2D eigenvalue weighted by Crippen LogP contribution is -1.85. The normalized spacial score (nSPS) is 11.5. The zero-order valence-corrected chi connectivity index (χ0v) is 11.2. The first-order chi connectivity index (χ1) is 7.15. The molecule has 0 atom stereocenters. The van der Waals surface area contributed by atoms with E-state index in [-0.39, 0.29) is 0 Å². The summed E-state index contributed by atoms with van der Waals surface area (Å²) in [5, 5.41) is 2.79. The molecule has 0 nitrogen and oxygen atoms in total. The van der Waals surface area contributed by atoms with Crippen LogP contribution in [0.15, 0.2) is 24.3 Å². The van der Waals surface area contributed by atoms with Crippen LogP contribution < -0.4 is 0 Å². The molecule has 0 fully saturated rings. The Hall–Kier alpha value is -0.180. The van der Waals surface area contributed by atoms with Crippen molar-refractivity contribution in [3.8, 4) is 0 Å². The molecule has 0 unspecified atom stereocenters. The molecule has 0 radical (unpaired) electrons. The van der Waals surface area contributed by atoms with Crippen molar-refractivity contribution in [1.82, 2.24) is 0 Å². The van der Waals surface area contributed by atoms with E-state index in [9.17, 15) is 0 Å². The molecule has 0 saturated carbocycles. The smallest absolute Gasteiger partial charge is 0.0412 e. The van der Waals surface area contributed by atoms with Crippen LogP contribution in [-0.2, 0) is 5.75 Å². The van der Waals surface area contributed by atoms with Gasteiger partial charge in [0.1, 0.15) is 0 Å². The monoisotopic (exact) mass is 256 g/mol. The third-order valence-electron chi connectivity index (χ3n) is 2.09. The van der Waals surface area contributed by atoms with Crippen molar-refractivity contribution in [3.63, 3.8) is 0 Å². The van der Waals surface area contributed by atoms with Gasteiger partial charge in [-0.15, -0.1) is 11.3 Å². The first-order valence-corrected chi connectivity index (χ1v) is 7.19. The number of fused-ring (bicyclic) bond motifs is 1. The van der Waals surface area contributed by atoms with Crippen LogP contribution in [-0.4, -0.2) is 5.25 Å². The number of thioether (sulfide) groups is 1. The molecular formula is C12H13ClS2. The van der Waals surface area contributed by atoms with Gasteiger partial charge in [-0.2, -0.15) is 11.8 Å². The Morgan fingerprint density at radius 2 is 2.13 bits per heavy atom. The summed E-state index contributed by atoms with van der Waals surface area (Å²) in [7, 11) is 0. The lowest BCUT2D eigenvalue weighted by Gasteiger charge is -2.00. The van der Waals surface area contributed by atoms with Crippen LogP contribution in [0.5, 0.6) is 0 Å². The van der Waals surface area contributed by atoms with Gasteiger partial charge in [-0.05, 0) is 34.9 Å². The van der Waals surface area contributed by atoms with Crippen molar-refractivity contribution in [2.75, 3.05) is 0 Å². The fraction of sp³-hybridized carbons (Fsp3) is 0.333. The average Bonchev–Trinajstić information content (AvgIpc) is 2.56. The van der Waals surface area contributed by atoms with Crippen molar-refractivity contribution in [2.45, 2.75) is 24.9 Å². The van der Waals surface area contributed by atoms with Crippen LogP contribution in [0.3, 0.4) is 0 Å². The maximum absolute atomic E-state index is 5.95. The molecule has 1 heterocycles. The second kappa shape index (κ2) is 4.77. The van der Waals surface area contributed by atoms with Gasteiger partial charge in [0.05, 0.1) is 0 Å². The molecule has 0 N–H and O–H groups in total. The average molecular weight is 257 g/mol.